The van der Waals surface area contributed by atoms with E-state index in [9.17, 15) is 0 Å². The van der Waals surface area contributed by atoms with Crippen LogP contribution in [0.5, 0.6) is 0 Å². The molecule has 1 nitrogen and oxygen atoms in total. The van der Waals surface area contributed by atoms with E-state index in [1.165, 1.54) is 10.9 Å². The number of thiocarbonyl (C=S) groups is 1. The first-order valence-corrected chi connectivity index (χ1v) is 7.69. The molecule has 0 saturated carbocycles. The fourth-order valence-corrected chi connectivity index (χ4v) is 2.91. The first-order chi connectivity index (χ1) is 9.31. The van der Waals surface area contributed by atoms with Crippen molar-refractivity contribution < 1.29 is 0 Å². The Morgan fingerprint density at radius 2 is 1.68 bits per heavy atom. The van der Waals surface area contributed by atoms with Gasteiger partial charge >= 0.3 is 0 Å². The van der Waals surface area contributed by atoms with Crippen LogP contribution in [0.2, 0.25) is 0 Å². The molecule has 1 heterocycles. The van der Waals surface area contributed by atoms with Gasteiger partial charge in [0.1, 0.15) is 0 Å². The van der Waals surface area contributed by atoms with Crippen molar-refractivity contribution in [2.75, 3.05) is 6.26 Å². The zero-order chi connectivity index (χ0) is 13.2. The Hall–Kier alpha value is -1.58. The maximum absolute atomic E-state index is 5.53. The van der Waals surface area contributed by atoms with Gasteiger partial charge in [-0.15, -0.1) is 11.8 Å². The maximum Gasteiger partial charge on any atom is 0.0803 e. The molecule has 0 radical (unpaired) electrons. The second-order valence-corrected chi connectivity index (χ2v) is 5.76. The average molecular weight is 283 g/mol. The minimum atomic E-state index is 0.927. The second kappa shape index (κ2) is 5.19. The molecule has 2 aromatic carbocycles. The van der Waals surface area contributed by atoms with Gasteiger partial charge in [0.05, 0.1) is 9.89 Å². The Morgan fingerprint density at radius 3 is 2.42 bits per heavy atom. The third-order valence-electron chi connectivity index (χ3n) is 3.16. The van der Waals surface area contributed by atoms with Crippen molar-refractivity contribution in [3.63, 3.8) is 0 Å². The number of thioether (sulfide) groups is 1. The largest absolute Gasteiger partial charge is 0.354 e. The van der Waals surface area contributed by atoms with Crippen LogP contribution in [0, 0.1) is 0 Å². The number of benzene rings is 2. The van der Waals surface area contributed by atoms with E-state index in [1.54, 1.807) is 11.8 Å². The normalized spacial score (nSPS) is 10.8. The third kappa shape index (κ3) is 2.20. The molecular formula is C16H13NS2. The van der Waals surface area contributed by atoms with Gasteiger partial charge in [0.15, 0.2) is 0 Å². The predicted molar refractivity (Wildman–Crippen MR) is 88.9 cm³/mol. The van der Waals surface area contributed by atoms with E-state index in [4.69, 9.17) is 12.2 Å². The number of para-hydroxylation sites is 1. The van der Waals surface area contributed by atoms with Crippen LogP contribution in [0.1, 0.15) is 5.56 Å². The highest BCUT2D eigenvalue weighted by Crippen LogP contribution is 2.32. The fourth-order valence-electron chi connectivity index (χ4n) is 2.28. The van der Waals surface area contributed by atoms with Gasteiger partial charge < -0.3 is 4.98 Å². The molecule has 94 valence electrons. The number of fused-ring (bicyclic) bond motifs is 1. The van der Waals surface area contributed by atoms with E-state index in [0.29, 0.717) is 0 Å². The highest BCUT2D eigenvalue weighted by Gasteiger charge is 2.15. The lowest BCUT2D eigenvalue weighted by Crippen LogP contribution is -1.92. The van der Waals surface area contributed by atoms with Crippen molar-refractivity contribution >= 4 is 39.1 Å². The molecule has 3 aromatic rings. The summed E-state index contributed by atoms with van der Waals surface area (Å²) in [5.41, 5.74) is 4.56. The molecule has 0 amide bonds. The smallest absolute Gasteiger partial charge is 0.0803 e. The van der Waals surface area contributed by atoms with Crippen molar-refractivity contribution in [3.8, 4) is 11.3 Å². The minimum absolute atomic E-state index is 0.927. The van der Waals surface area contributed by atoms with Crippen LogP contribution in [0.25, 0.3) is 22.2 Å². The third-order valence-corrected chi connectivity index (χ3v) is 4.44. The summed E-state index contributed by atoms with van der Waals surface area (Å²) in [6.45, 7) is 0. The van der Waals surface area contributed by atoms with E-state index in [2.05, 4.69) is 35.3 Å². The summed E-state index contributed by atoms with van der Waals surface area (Å²) in [5.74, 6) is 0. The quantitative estimate of drug-likeness (QED) is 0.675. The number of aromatic nitrogens is 1. The van der Waals surface area contributed by atoms with E-state index >= 15 is 0 Å². The summed E-state index contributed by atoms with van der Waals surface area (Å²) in [6.07, 6.45) is 2.03. The highest BCUT2D eigenvalue weighted by molar-refractivity contribution is 8.23. The minimum Gasteiger partial charge on any atom is -0.354 e. The van der Waals surface area contributed by atoms with Gasteiger partial charge in [0.25, 0.3) is 0 Å². The van der Waals surface area contributed by atoms with E-state index in [1.807, 2.05) is 30.5 Å². The molecular weight excluding hydrogens is 270 g/mol. The summed E-state index contributed by atoms with van der Waals surface area (Å²) < 4.78 is 0.927. The molecule has 0 saturated heterocycles. The predicted octanol–water partition coefficient (Wildman–Crippen LogP) is 4.87. The van der Waals surface area contributed by atoms with Crippen LogP contribution < -0.4 is 0 Å². The van der Waals surface area contributed by atoms with Gasteiger partial charge in [-0.3, -0.25) is 0 Å². The molecule has 0 fully saturated rings. The van der Waals surface area contributed by atoms with Gasteiger partial charge in [-0.2, -0.15) is 0 Å². The maximum atomic E-state index is 5.53. The molecule has 0 aliphatic heterocycles. The van der Waals surface area contributed by atoms with E-state index < -0.39 is 0 Å². The molecule has 1 aromatic heterocycles. The molecule has 0 unspecified atom stereocenters. The first kappa shape index (κ1) is 12.5. The topological polar surface area (TPSA) is 15.8 Å². The zero-order valence-electron chi connectivity index (χ0n) is 10.5. The lowest BCUT2D eigenvalue weighted by molar-refractivity contribution is 1.45. The van der Waals surface area contributed by atoms with Crippen LogP contribution in [-0.4, -0.2) is 15.4 Å². The average Bonchev–Trinajstić information content (AvgIpc) is 2.87. The molecule has 0 atom stereocenters. The van der Waals surface area contributed by atoms with Crippen molar-refractivity contribution in [3.05, 3.63) is 60.2 Å². The zero-order valence-corrected chi connectivity index (χ0v) is 12.1. The van der Waals surface area contributed by atoms with Crippen molar-refractivity contribution in [2.24, 2.45) is 0 Å². The van der Waals surface area contributed by atoms with Crippen LogP contribution in [0.15, 0.2) is 54.6 Å². The fraction of sp³-hybridized carbons (Fsp3) is 0.0625. The molecule has 0 spiro atoms. The van der Waals surface area contributed by atoms with Crippen LogP contribution >= 0.6 is 24.0 Å². The lowest BCUT2D eigenvalue weighted by atomic mass is 10.1. The van der Waals surface area contributed by atoms with Crippen LogP contribution in [-0.2, 0) is 0 Å². The SMILES string of the molecule is CSC(=S)c1c(-c2ccccc2)[nH]c2ccccc12. The number of hydrogen-bond acceptors (Lipinski definition) is 2. The Balaban J connectivity index is 2.32. The highest BCUT2D eigenvalue weighted by atomic mass is 32.2. The first-order valence-electron chi connectivity index (χ1n) is 6.05. The van der Waals surface area contributed by atoms with E-state index in [0.717, 1.165) is 21.0 Å². The van der Waals surface area contributed by atoms with Gasteiger partial charge in [-0.1, -0.05) is 60.7 Å². The summed E-state index contributed by atoms with van der Waals surface area (Å²) in [7, 11) is 0. The Kier molecular flexibility index (Phi) is 3.40. The summed E-state index contributed by atoms with van der Waals surface area (Å²) in [5, 5.41) is 1.20. The second-order valence-electron chi connectivity index (χ2n) is 4.28. The molecule has 0 bridgehead atoms. The molecule has 0 aliphatic rings. The molecule has 3 heteroatoms. The van der Waals surface area contributed by atoms with Gasteiger partial charge in [-0.05, 0) is 17.9 Å². The lowest BCUT2D eigenvalue weighted by Gasteiger charge is -2.04. The number of H-pyrrole nitrogens is 1. The Morgan fingerprint density at radius 1 is 1.00 bits per heavy atom. The standard InChI is InChI=1S/C16H13NS2/c1-19-16(18)14-12-9-5-6-10-13(12)17-15(14)11-7-3-2-4-8-11/h2-10,17H,1H3. The number of nitrogens with one attached hydrogen (secondary N) is 1. The molecule has 19 heavy (non-hydrogen) atoms. The molecule has 3 rings (SSSR count). The Labute approximate surface area is 122 Å². The van der Waals surface area contributed by atoms with Gasteiger partial charge in [0, 0.05) is 16.5 Å². The molecule has 0 aliphatic carbocycles. The molecule has 1 N–H and O–H groups in total. The van der Waals surface area contributed by atoms with Crippen LogP contribution in [0.4, 0.5) is 0 Å². The summed E-state index contributed by atoms with van der Waals surface area (Å²) in [6, 6.07) is 18.6. The Bertz CT molecular complexity index is 729. The number of hydrogen-bond donors (Lipinski definition) is 1. The van der Waals surface area contributed by atoms with Crippen molar-refractivity contribution in [1.82, 2.24) is 4.98 Å². The van der Waals surface area contributed by atoms with Crippen LogP contribution in [0.3, 0.4) is 0 Å². The van der Waals surface area contributed by atoms with Crippen molar-refractivity contribution in [1.29, 1.82) is 0 Å². The monoisotopic (exact) mass is 283 g/mol. The van der Waals surface area contributed by atoms with Gasteiger partial charge in [-0.25, -0.2) is 0 Å². The van der Waals surface area contributed by atoms with E-state index in [-0.39, 0.29) is 0 Å². The van der Waals surface area contributed by atoms with Crippen molar-refractivity contribution in [2.45, 2.75) is 0 Å². The number of rotatable bonds is 2. The number of aromatic amines is 1. The summed E-state index contributed by atoms with van der Waals surface area (Å²) in [4.78, 5) is 3.49. The van der Waals surface area contributed by atoms with Gasteiger partial charge in [0.2, 0.25) is 0 Å². The summed E-state index contributed by atoms with van der Waals surface area (Å²) >= 11 is 7.15.